The van der Waals surface area contributed by atoms with Gasteiger partial charge in [0.2, 0.25) is 0 Å². The van der Waals surface area contributed by atoms with Crippen LogP contribution >= 0.6 is 11.8 Å². The summed E-state index contributed by atoms with van der Waals surface area (Å²) in [4.78, 5) is 0. The zero-order chi connectivity index (χ0) is 12.3. The molecule has 2 aliphatic rings. The number of ether oxygens (including phenoxy) is 1. The van der Waals surface area contributed by atoms with Gasteiger partial charge in [-0.05, 0) is 37.6 Å². The molecule has 1 aliphatic heterocycles. The maximum Gasteiger partial charge on any atom is 0.0666 e. The molecular formula is C14H27NOS. The van der Waals surface area contributed by atoms with E-state index in [4.69, 9.17) is 4.74 Å². The summed E-state index contributed by atoms with van der Waals surface area (Å²) in [5.74, 6) is 1.20. The summed E-state index contributed by atoms with van der Waals surface area (Å²) < 4.78 is 5.72. The average Bonchev–Trinajstić information content (AvgIpc) is 2.87. The first-order valence-corrected chi connectivity index (χ1v) is 8.15. The van der Waals surface area contributed by atoms with E-state index in [1.54, 1.807) is 0 Å². The van der Waals surface area contributed by atoms with Crippen molar-refractivity contribution in [1.82, 2.24) is 5.32 Å². The Bertz CT molecular complexity index is 238. The number of hydrogen-bond acceptors (Lipinski definition) is 3. The summed E-state index contributed by atoms with van der Waals surface area (Å²) in [6, 6.07) is 0.680. The van der Waals surface area contributed by atoms with Gasteiger partial charge in [-0.3, -0.25) is 0 Å². The fourth-order valence-corrected chi connectivity index (χ4v) is 4.82. The highest BCUT2D eigenvalue weighted by Crippen LogP contribution is 2.43. The Morgan fingerprint density at radius 2 is 2.18 bits per heavy atom. The van der Waals surface area contributed by atoms with E-state index in [0.29, 0.717) is 17.6 Å². The summed E-state index contributed by atoms with van der Waals surface area (Å²) in [6.07, 6.45) is 5.79. The molecule has 0 radical (unpaired) electrons. The highest BCUT2D eigenvalue weighted by Gasteiger charge is 2.41. The second kappa shape index (κ2) is 5.94. The highest BCUT2D eigenvalue weighted by molar-refractivity contribution is 8.00. The SMILES string of the molecule is CCNC1C(SCC2CCCO2)CCC1(C)C. The first kappa shape index (κ1) is 13.7. The molecule has 0 aromatic heterocycles. The van der Waals surface area contributed by atoms with Crippen molar-refractivity contribution in [2.75, 3.05) is 18.9 Å². The van der Waals surface area contributed by atoms with E-state index in [0.717, 1.165) is 18.4 Å². The Morgan fingerprint density at radius 1 is 1.35 bits per heavy atom. The van der Waals surface area contributed by atoms with Crippen LogP contribution in [0.5, 0.6) is 0 Å². The second-order valence-electron chi connectivity index (χ2n) is 6.07. The molecule has 0 amide bonds. The van der Waals surface area contributed by atoms with Crippen LogP contribution in [-0.2, 0) is 4.74 Å². The Labute approximate surface area is 110 Å². The summed E-state index contributed by atoms with van der Waals surface area (Å²) >= 11 is 2.14. The molecule has 3 unspecified atom stereocenters. The first-order chi connectivity index (χ1) is 8.13. The minimum Gasteiger partial charge on any atom is -0.377 e. The van der Waals surface area contributed by atoms with E-state index in [9.17, 15) is 0 Å². The lowest BCUT2D eigenvalue weighted by Gasteiger charge is -2.31. The van der Waals surface area contributed by atoms with Gasteiger partial charge in [-0.2, -0.15) is 11.8 Å². The van der Waals surface area contributed by atoms with Crippen LogP contribution in [0.25, 0.3) is 0 Å². The van der Waals surface area contributed by atoms with Gasteiger partial charge < -0.3 is 10.1 Å². The van der Waals surface area contributed by atoms with Crippen LogP contribution in [0.2, 0.25) is 0 Å². The van der Waals surface area contributed by atoms with Crippen LogP contribution in [0, 0.1) is 5.41 Å². The first-order valence-electron chi connectivity index (χ1n) is 7.10. The molecule has 3 heteroatoms. The molecule has 2 fully saturated rings. The fraction of sp³-hybridized carbons (Fsp3) is 1.00. The molecule has 2 rings (SSSR count). The Morgan fingerprint density at radius 3 is 2.82 bits per heavy atom. The molecule has 1 saturated carbocycles. The topological polar surface area (TPSA) is 21.3 Å². The van der Waals surface area contributed by atoms with Crippen molar-refractivity contribution in [1.29, 1.82) is 0 Å². The van der Waals surface area contributed by atoms with Crippen molar-refractivity contribution in [2.45, 2.75) is 63.9 Å². The van der Waals surface area contributed by atoms with E-state index in [-0.39, 0.29) is 0 Å². The number of thioether (sulfide) groups is 1. The standard InChI is InChI=1S/C14H27NOS/c1-4-15-13-12(7-8-14(13,2)3)17-10-11-6-5-9-16-11/h11-13,15H,4-10H2,1-3H3. The number of rotatable bonds is 5. The third kappa shape index (κ3) is 3.39. The van der Waals surface area contributed by atoms with Crippen molar-refractivity contribution in [3.63, 3.8) is 0 Å². The summed E-state index contributed by atoms with van der Waals surface area (Å²) in [7, 11) is 0. The molecule has 1 heterocycles. The predicted octanol–water partition coefficient (Wildman–Crippen LogP) is 3.07. The van der Waals surface area contributed by atoms with Gasteiger partial charge >= 0.3 is 0 Å². The average molecular weight is 257 g/mol. The Kier molecular flexibility index (Phi) is 4.79. The van der Waals surface area contributed by atoms with Crippen LogP contribution in [0.1, 0.15) is 46.5 Å². The lowest BCUT2D eigenvalue weighted by Crippen LogP contribution is -2.43. The van der Waals surface area contributed by atoms with Gasteiger partial charge in [-0.1, -0.05) is 20.8 Å². The fourth-order valence-electron chi connectivity index (χ4n) is 3.15. The summed E-state index contributed by atoms with van der Waals surface area (Å²) in [5.41, 5.74) is 0.463. The molecule has 1 aliphatic carbocycles. The molecule has 2 nitrogen and oxygen atoms in total. The quantitative estimate of drug-likeness (QED) is 0.818. The Balaban J connectivity index is 1.82. The maximum atomic E-state index is 5.72. The van der Waals surface area contributed by atoms with Crippen molar-refractivity contribution >= 4 is 11.8 Å². The molecule has 0 bridgehead atoms. The molecule has 17 heavy (non-hydrogen) atoms. The van der Waals surface area contributed by atoms with Crippen molar-refractivity contribution < 1.29 is 4.74 Å². The molecule has 0 aromatic carbocycles. The van der Waals surface area contributed by atoms with E-state index in [2.05, 4.69) is 37.8 Å². The molecule has 100 valence electrons. The van der Waals surface area contributed by atoms with Crippen molar-refractivity contribution in [2.24, 2.45) is 5.41 Å². The maximum absolute atomic E-state index is 5.72. The van der Waals surface area contributed by atoms with Gasteiger partial charge in [0.15, 0.2) is 0 Å². The van der Waals surface area contributed by atoms with Crippen LogP contribution in [-0.4, -0.2) is 36.3 Å². The minimum absolute atomic E-state index is 0.463. The van der Waals surface area contributed by atoms with Gasteiger partial charge in [0.1, 0.15) is 0 Å². The second-order valence-corrected chi connectivity index (χ2v) is 7.34. The smallest absolute Gasteiger partial charge is 0.0666 e. The minimum atomic E-state index is 0.463. The van der Waals surface area contributed by atoms with E-state index in [1.807, 2.05) is 0 Å². The zero-order valence-corrected chi connectivity index (χ0v) is 12.3. The van der Waals surface area contributed by atoms with Crippen molar-refractivity contribution in [3.05, 3.63) is 0 Å². The van der Waals surface area contributed by atoms with E-state index < -0.39 is 0 Å². The van der Waals surface area contributed by atoms with Gasteiger partial charge in [-0.15, -0.1) is 0 Å². The van der Waals surface area contributed by atoms with Gasteiger partial charge in [0, 0.05) is 23.7 Å². The Hall–Kier alpha value is 0.270. The van der Waals surface area contributed by atoms with E-state index in [1.165, 1.54) is 31.4 Å². The molecule has 1 saturated heterocycles. The van der Waals surface area contributed by atoms with Crippen molar-refractivity contribution in [3.8, 4) is 0 Å². The van der Waals surface area contributed by atoms with Crippen LogP contribution in [0.15, 0.2) is 0 Å². The normalized spacial score (nSPS) is 36.5. The zero-order valence-electron chi connectivity index (χ0n) is 11.5. The van der Waals surface area contributed by atoms with Gasteiger partial charge in [-0.25, -0.2) is 0 Å². The van der Waals surface area contributed by atoms with Crippen LogP contribution in [0.4, 0.5) is 0 Å². The van der Waals surface area contributed by atoms with Gasteiger partial charge in [0.25, 0.3) is 0 Å². The number of nitrogens with one attached hydrogen (secondary N) is 1. The monoisotopic (exact) mass is 257 g/mol. The molecule has 0 aromatic rings. The summed E-state index contributed by atoms with van der Waals surface area (Å²) in [5, 5.41) is 4.48. The molecule has 1 N–H and O–H groups in total. The lowest BCUT2D eigenvalue weighted by molar-refractivity contribution is 0.128. The van der Waals surface area contributed by atoms with E-state index >= 15 is 0 Å². The van der Waals surface area contributed by atoms with Crippen LogP contribution in [0.3, 0.4) is 0 Å². The highest BCUT2D eigenvalue weighted by atomic mass is 32.2. The van der Waals surface area contributed by atoms with Crippen LogP contribution < -0.4 is 5.32 Å². The molecular weight excluding hydrogens is 230 g/mol. The predicted molar refractivity (Wildman–Crippen MR) is 75.7 cm³/mol. The largest absolute Gasteiger partial charge is 0.377 e. The molecule has 3 atom stereocenters. The molecule has 0 spiro atoms. The summed E-state index contributed by atoms with van der Waals surface area (Å²) in [6.45, 7) is 9.11. The lowest BCUT2D eigenvalue weighted by atomic mass is 9.87. The third-order valence-electron chi connectivity index (χ3n) is 4.23. The third-order valence-corrected chi connectivity index (χ3v) is 5.73. The van der Waals surface area contributed by atoms with Gasteiger partial charge in [0.05, 0.1) is 6.10 Å². The number of hydrogen-bond donors (Lipinski definition) is 1.